The molecule has 1 rings (SSSR count). The lowest BCUT2D eigenvalue weighted by atomic mass is 10.2. The molecule has 1 aliphatic rings. The molecule has 2 atom stereocenters. The second kappa shape index (κ2) is 7.37. The lowest BCUT2D eigenvalue weighted by Gasteiger charge is -2.15. The molecule has 1 aliphatic carbocycles. The van der Waals surface area contributed by atoms with E-state index in [1.54, 1.807) is 6.92 Å². The number of carbonyl (C=O) groups is 3. The van der Waals surface area contributed by atoms with Crippen molar-refractivity contribution in [1.29, 1.82) is 0 Å². The van der Waals surface area contributed by atoms with Gasteiger partial charge >= 0.3 is 5.97 Å². The molecular weight excluding hydrogens is 268 g/mol. The minimum Gasteiger partial charge on any atom is -0.480 e. The van der Waals surface area contributed by atoms with Crippen molar-refractivity contribution in [3.63, 3.8) is 0 Å². The van der Waals surface area contributed by atoms with E-state index in [1.165, 1.54) is 18.7 Å². The van der Waals surface area contributed by atoms with Crippen LogP contribution in [0, 0.1) is 0 Å². The van der Waals surface area contributed by atoms with Crippen molar-refractivity contribution in [3.05, 3.63) is 0 Å². The SMILES string of the molecule is CC(=O)NC(CCSC(C)C(=O)NC1CC1)C(=O)O. The van der Waals surface area contributed by atoms with Gasteiger partial charge in [0.25, 0.3) is 0 Å². The third-order valence-corrected chi connectivity index (χ3v) is 3.93. The quantitative estimate of drug-likeness (QED) is 0.599. The van der Waals surface area contributed by atoms with Crippen LogP contribution in [0.15, 0.2) is 0 Å². The van der Waals surface area contributed by atoms with Crippen LogP contribution in [0.3, 0.4) is 0 Å². The Morgan fingerprint density at radius 1 is 1.37 bits per heavy atom. The third kappa shape index (κ3) is 6.47. The molecule has 2 amide bonds. The van der Waals surface area contributed by atoms with Gasteiger partial charge in [0.2, 0.25) is 11.8 Å². The fourth-order valence-corrected chi connectivity index (χ4v) is 2.43. The minimum atomic E-state index is -1.05. The van der Waals surface area contributed by atoms with Crippen molar-refractivity contribution in [2.75, 3.05) is 5.75 Å². The predicted molar refractivity (Wildman–Crippen MR) is 72.9 cm³/mol. The first kappa shape index (κ1) is 15.8. The van der Waals surface area contributed by atoms with Gasteiger partial charge in [-0.3, -0.25) is 9.59 Å². The van der Waals surface area contributed by atoms with E-state index in [9.17, 15) is 14.4 Å². The van der Waals surface area contributed by atoms with Crippen LogP contribution >= 0.6 is 11.8 Å². The third-order valence-electron chi connectivity index (χ3n) is 2.74. The fourth-order valence-electron chi connectivity index (χ4n) is 1.49. The predicted octanol–water partition coefficient (Wildman–Crippen LogP) is 0.366. The van der Waals surface area contributed by atoms with Crippen molar-refractivity contribution in [2.45, 2.75) is 50.4 Å². The second-order valence-corrected chi connectivity index (χ2v) is 6.12. The summed E-state index contributed by atoms with van der Waals surface area (Å²) in [5.41, 5.74) is 0. The van der Waals surface area contributed by atoms with Gasteiger partial charge in [0.15, 0.2) is 0 Å². The highest BCUT2D eigenvalue weighted by atomic mass is 32.2. The van der Waals surface area contributed by atoms with Gasteiger partial charge in [0.1, 0.15) is 6.04 Å². The number of nitrogens with one attached hydrogen (secondary N) is 2. The first-order chi connectivity index (χ1) is 8.90. The average molecular weight is 288 g/mol. The second-order valence-electron chi connectivity index (χ2n) is 4.68. The molecule has 0 aromatic rings. The summed E-state index contributed by atoms with van der Waals surface area (Å²) in [6, 6.07) is -0.551. The zero-order valence-electron chi connectivity index (χ0n) is 11.1. The first-order valence-electron chi connectivity index (χ1n) is 6.32. The van der Waals surface area contributed by atoms with E-state index < -0.39 is 12.0 Å². The Hall–Kier alpha value is -1.24. The van der Waals surface area contributed by atoms with Crippen molar-refractivity contribution >= 4 is 29.5 Å². The van der Waals surface area contributed by atoms with Crippen molar-refractivity contribution in [2.24, 2.45) is 0 Å². The molecule has 19 heavy (non-hydrogen) atoms. The molecule has 3 N–H and O–H groups in total. The molecule has 1 fully saturated rings. The van der Waals surface area contributed by atoms with Gasteiger partial charge in [-0.1, -0.05) is 0 Å². The molecule has 0 heterocycles. The van der Waals surface area contributed by atoms with Gasteiger partial charge in [-0.25, -0.2) is 4.79 Å². The Labute approximate surface area is 116 Å². The van der Waals surface area contributed by atoms with Crippen molar-refractivity contribution in [3.8, 4) is 0 Å². The standard InChI is InChI=1S/C12H20N2O4S/c1-7(11(16)14-9-3-4-9)19-6-5-10(12(17)18)13-8(2)15/h7,9-10H,3-6H2,1-2H3,(H,13,15)(H,14,16)(H,17,18). The number of carboxylic acid groups (broad SMARTS) is 1. The Bertz CT molecular complexity index is 358. The number of carbonyl (C=O) groups excluding carboxylic acids is 2. The number of amides is 2. The van der Waals surface area contributed by atoms with Crippen molar-refractivity contribution < 1.29 is 19.5 Å². The van der Waals surface area contributed by atoms with Crippen LogP contribution in [-0.2, 0) is 14.4 Å². The minimum absolute atomic E-state index is 0.00102. The highest BCUT2D eigenvalue weighted by Crippen LogP contribution is 2.20. The van der Waals surface area contributed by atoms with E-state index in [-0.39, 0.29) is 17.1 Å². The summed E-state index contributed by atoms with van der Waals surface area (Å²) in [5.74, 6) is -0.905. The maximum atomic E-state index is 11.7. The number of carboxylic acids is 1. The molecule has 2 unspecified atom stereocenters. The van der Waals surface area contributed by atoms with Crippen LogP contribution in [0.1, 0.15) is 33.1 Å². The normalized spacial score (nSPS) is 17.4. The summed E-state index contributed by atoms with van der Waals surface area (Å²) >= 11 is 1.40. The number of thioether (sulfide) groups is 1. The smallest absolute Gasteiger partial charge is 0.326 e. The molecular formula is C12H20N2O4S. The maximum Gasteiger partial charge on any atom is 0.326 e. The van der Waals surface area contributed by atoms with Gasteiger partial charge in [-0.2, -0.15) is 0 Å². The van der Waals surface area contributed by atoms with E-state index in [1.807, 2.05) is 0 Å². The molecule has 0 bridgehead atoms. The largest absolute Gasteiger partial charge is 0.480 e. The van der Waals surface area contributed by atoms with Crippen LogP contribution in [-0.4, -0.2) is 46.0 Å². The molecule has 0 aromatic carbocycles. The summed E-state index contributed by atoms with van der Waals surface area (Å²) in [7, 11) is 0. The van der Waals surface area contributed by atoms with Crippen LogP contribution in [0.4, 0.5) is 0 Å². The highest BCUT2D eigenvalue weighted by Gasteiger charge is 2.26. The molecule has 108 valence electrons. The van der Waals surface area contributed by atoms with E-state index in [0.717, 1.165) is 12.8 Å². The molecule has 1 saturated carbocycles. The van der Waals surface area contributed by atoms with Gasteiger partial charge in [-0.05, 0) is 31.9 Å². The van der Waals surface area contributed by atoms with Gasteiger partial charge in [0.05, 0.1) is 5.25 Å². The van der Waals surface area contributed by atoms with Gasteiger partial charge < -0.3 is 15.7 Å². The monoisotopic (exact) mass is 288 g/mol. The zero-order chi connectivity index (χ0) is 14.4. The van der Waals surface area contributed by atoms with Crippen LogP contribution in [0.5, 0.6) is 0 Å². The Morgan fingerprint density at radius 2 is 2.00 bits per heavy atom. The number of aliphatic carboxylic acids is 1. The number of rotatable bonds is 8. The lowest BCUT2D eigenvalue weighted by Crippen LogP contribution is -2.40. The molecule has 0 saturated heterocycles. The number of hydrogen-bond donors (Lipinski definition) is 3. The Balaban J connectivity index is 2.24. The topological polar surface area (TPSA) is 95.5 Å². The maximum absolute atomic E-state index is 11.7. The summed E-state index contributed by atoms with van der Waals surface area (Å²) in [5, 5.41) is 14.0. The summed E-state index contributed by atoms with van der Waals surface area (Å²) < 4.78 is 0. The van der Waals surface area contributed by atoms with E-state index in [0.29, 0.717) is 18.2 Å². The average Bonchev–Trinajstić information content (AvgIpc) is 3.10. The molecule has 0 spiro atoms. The Kier molecular flexibility index (Phi) is 6.14. The first-order valence-corrected chi connectivity index (χ1v) is 7.37. The van der Waals surface area contributed by atoms with Crippen molar-refractivity contribution in [1.82, 2.24) is 10.6 Å². The van der Waals surface area contributed by atoms with Gasteiger partial charge in [0, 0.05) is 13.0 Å². The summed E-state index contributed by atoms with van der Waals surface area (Å²) in [6.45, 7) is 3.09. The lowest BCUT2D eigenvalue weighted by molar-refractivity contribution is -0.141. The van der Waals surface area contributed by atoms with E-state index >= 15 is 0 Å². The number of hydrogen-bond acceptors (Lipinski definition) is 4. The highest BCUT2D eigenvalue weighted by molar-refractivity contribution is 8.00. The van der Waals surface area contributed by atoms with Gasteiger partial charge in [-0.15, -0.1) is 11.8 Å². The van der Waals surface area contributed by atoms with E-state index in [4.69, 9.17) is 5.11 Å². The van der Waals surface area contributed by atoms with Crippen LogP contribution in [0.25, 0.3) is 0 Å². The Morgan fingerprint density at radius 3 is 2.47 bits per heavy atom. The van der Waals surface area contributed by atoms with Crippen LogP contribution < -0.4 is 10.6 Å². The molecule has 7 heteroatoms. The molecule has 0 radical (unpaired) electrons. The summed E-state index contributed by atoms with van der Waals surface area (Å²) in [6.07, 6.45) is 2.40. The van der Waals surface area contributed by atoms with Crippen LogP contribution in [0.2, 0.25) is 0 Å². The molecule has 0 aromatic heterocycles. The molecule has 6 nitrogen and oxygen atoms in total. The van der Waals surface area contributed by atoms with E-state index in [2.05, 4.69) is 10.6 Å². The fraction of sp³-hybridized carbons (Fsp3) is 0.750. The zero-order valence-corrected chi connectivity index (χ0v) is 12.0. The molecule has 0 aliphatic heterocycles. The summed E-state index contributed by atoms with van der Waals surface area (Å²) in [4.78, 5) is 33.4.